The summed E-state index contributed by atoms with van der Waals surface area (Å²) >= 11 is 0. The Balaban J connectivity index is 2.24. The number of benzene rings is 2. The Morgan fingerprint density at radius 1 is 1.21 bits per heavy atom. The van der Waals surface area contributed by atoms with E-state index in [0.717, 1.165) is 11.1 Å². The van der Waals surface area contributed by atoms with E-state index >= 15 is 0 Å². The number of hydrogen-bond acceptors (Lipinski definition) is 3. The van der Waals surface area contributed by atoms with Gasteiger partial charge in [0.1, 0.15) is 11.6 Å². The molecule has 0 heterocycles. The Morgan fingerprint density at radius 3 is 2.58 bits per heavy atom. The fourth-order valence-electron chi connectivity index (χ4n) is 1.63. The van der Waals surface area contributed by atoms with Crippen molar-refractivity contribution < 1.29 is 14.2 Å². The molecular weight excluding hydrogens is 245 g/mol. The zero-order chi connectivity index (χ0) is 13.7. The first-order valence-corrected chi connectivity index (χ1v) is 5.80. The van der Waals surface area contributed by atoms with E-state index in [1.807, 2.05) is 0 Å². The second kappa shape index (κ2) is 6.11. The number of hydrogen-bond donors (Lipinski definition) is 1. The molecule has 3 nitrogen and oxygen atoms in total. The topological polar surface area (TPSA) is 41.8 Å². The highest BCUT2D eigenvalue weighted by Gasteiger charge is 1.99. The second-order valence-electron chi connectivity index (χ2n) is 4.01. The van der Waals surface area contributed by atoms with Gasteiger partial charge in [0.15, 0.2) is 0 Å². The molecule has 2 aromatic rings. The van der Waals surface area contributed by atoms with Gasteiger partial charge in [-0.25, -0.2) is 4.39 Å². The smallest absolute Gasteiger partial charge is 0.123 e. The van der Waals surface area contributed by atoms with Gasteiger partial charge in [-0.2, -0.15) is 0 Å². The van der Waals surface area contributed by atoms with E-state index in [4.69, 9.17) is 9.84 Å². The van der Waals surface area contributed by atoms with Gasteiger partial charge in [-0.3, -0.25) is 4.99 Å². The number of aliphatic hydroxyl groups excluding tert-OH is 1. The van der Waals surface area contributed by atoms with Crippen LogP contribution < -0.4 is 4.74 Å². The van der Waals surface area contributed by atoms with E-state index in [1.165, 1.54) is 12.1 Å². The minimum atomic E-state index is -0.277. The molecule has 0 aromatic heterocycles. The molecule has 2 aromatic carbocycles. The molecule has 4 heteroatoms. The first-order valence-electron chi connectivity index (χ1n) is 5.80. The van der Waals surface area contributed by atoms with Gasteiger partial charge in [0.2, 0.25) is 0 Å². The monoisotopic (exact) mass is 259 g/mol. The third-order valence-corrected chi connectivity index (χ3v) is 2.60. The number of methoxy groups -OCH3 is 1. The molecule has 19 heavy (non-hydrogen) atoms. The van der Waals surface area contributed by atoms with Crippen LogP contribution in [0.1, 0.15) is 11.1 Å². The molecule has 98 valence electrons. The van der Waals surface area contributed by atoms with Crippen molar-refractivity contribution in [1.29, 1.82) is 0 Å². The van der Waals surface area contributed by atoms with Gasteiger partial charge in [0.05, 0.1) is 19.4 Å². The molecule has 0 amide bonds. The third kappa shape index (κ3) is 3.63. The maximum atomic E-state index is 12.8. The zero-order valence-electron chi connectivity index (χ0n) is 10.5. The quantitative estimate of drug-likeness (QED) is 0.857. The average molecular weight is 259 g/mol. The summed E-state index contributed by atoms with van der Waals surface area (Å²) in [4.78, 5) is 4.28. The summed E-state index contributed by atoms with van der Waals surface area (Å²) < 4.78 is 17.9. The highest BCUT2D eigenvalue weighted by molar-refractivity contribution is 5.82. The van der Waals surface area contributed by atoms with E-state index < -0.39 is 0 Å². The molecule has 0 fully saturated rings. The molecule has 0 unspecified atom stereocenters. The number of aliphatic imine (C=N–C) groups is 1. The van der Waals surface area contributed by atoms with E-state index in [2.05, 4.69) is 4.99 Å². The molecule has 0 radical (unpaired) electrons. The van der Waals surface area contributed by atoms with Crippen LogP contribution in [0.3, 0.4) is 0 Å². The van der Waals surface area contributed by atoms with Crippen molar-refractivity contribution in [2.75, 3.05) is 7.11 Å². The Morgan fingerprint density at radius 2 is 1.95 bits per heavy atom. The molecule has 0 aliphatic carbocycles. The highest BCUT2D eigenvalue weighted by Crippen LogP contribution is 2.23. The Hall–Kier alpha value is -2.20. The first-order chi connectivity index (χ1) is 9.21. The lowest BCUT2D eigenvalue weighted by atomic mass is 10.2. The van der Waals surface area contributed by atoms with Crippen LogP contribution in [-0.4, -0.2) is 18.4 Å². The molecule has 1 N–H and O–H groups in total. The molecular formula is C15H14FNO2. The van der Waals surface area contributed by atoms with E-state index in [1.54, 1.807) is 43.7 Å². The number of ether oxygens (including phenoxy) is 1. The van der Waals surface area contributed by atoms with Gasteiger partial charge < -0.3 is 9.84 Å². The van der Waals surface area contributed by atoms with Crippen molar-refractivity contribution >= 4 is 11.9 Å². The van der Waals surface area contributed by atoms with Crippen LogP contribution >= 0.6 is 0 Å². The summed E-state index contributed by atoms with van der Waals surface area (Å²) in [6.45, 7) is -0.0731. The zero-order valence-corrected chi connectivity index (χ0v) is 10.5. The van der Waals surface area contributed by atoms with Crippen LogP contribution in [0, 0.1) is 5.82 Å². The summed E-state index contributed by atoms with van der Waals surface area (Å²) in [6, 6.07) is 11.3. The van der Waals surface area contributed by atoms with E-state index in [-0.39, 0.29) is 12.4 Å². The van der Waals surface area contributed by atoms with Gasteiger partial charge in [-0.05, 0) is 35.4 Å². The van der Waals surface area contributed by atoms with Crippen molar-refractivity contribution in [1.82, 2.24) is 0 Å². The molecule has 0 aliphatic rings. The van der Waals surface area contributed by atoms with Gasteiger partial charge in [0.25, 0.3) is 0 Å². The third-order valence-electron chi connectivity index (χ3n) is 2.60. The lowest BCUT2D eigenvalue weighted by Gasteiger charge is -2.04. The van der Waals surface area contributed by atoms with Gasteiger partial charge in [-0.15, -0.1) is 0 Å². The number of aliphatic hydroxyl groups is 1. The summed E-state index contributed by atoms with van der Waals surface area (Å²) in [6.07, 6.45) is 1.63. The largest absolute Gasteiger partial charge is 0.497 e. The minimum Gasteiger partial charge on any atom is -0.497 e. The van der Waals surface area contributed by atoms with Crippen LogP contribution in [0.5, 0.6) is 5.75 Å². The van der Waals surface area contributed by atoms with E-state index in [0.29, 0.717) is 11.4 Å². The predicted molar refractivity (Wildman–Crippen MR) is 72.6 cm³/mol. The van der Waals surface area contributed by atoms with Crippen molar-refractivity contribution in [3.05, 3.63) is 59.4 Å². The lowest BCUT2D eigenvalue weighted by molar-refractivity contribution is 0.281. The van der Waals surface area contributed by atoms with Crippen LogP contribution in [-0.2, 0) is 6.61 Å². The fourth-order valence-corrected chi connectivity index (χ4v) is 1.63. The maximum Gasteiger partial charge on any atom is 0.123 e. The van der Waals surface area contributed by atoms with Crippen LogP contribution in [0.4, 0.5) is 10.1 Å². The van der Waals surface area contributed by atoms with Crippen molar-refractivity contribution in [3.63, 3.8) is 0 Å². The first kappa shape index (κ1) is 13.2. The Bertz CT molecular complexity index is 557. The predicted octanol–water partition coefficient (Wildman–Crippen LogP) is 3.08. The van der Waals surface area contributed by atoms with Crippen molar-refractivity contribution in [2.45, 2.75) is 6.61 Å². The molecule has 0 bridgehead atoms. The molecule has 0 aliphatic heterocycles. The van der Waals surface area contributed by atoms with Crippen molar-refractivity contribution in [2.24, 2.45) is 4.99 Å². The lowest BCUT2D eigenvalue weighted by Crippen LogP contribution is -1.88. The SMILES string of the molecule is COc1cc(CO)cc(N=Cc2ccc(F)cc2)c1. The minimum absolute atomic E-state index is 0.0731. The molecule has 0 atom stereocenters. The second-order valence-corrected chi connectivity index (χ2v) is 4.01. The molecule has 0 saturated carbocycles. The summed E-state index contributed by atoms with van der Waals surface area (Å²) in [5, 5.41) is 9.15. The normalized spacial score (nSPS) is 10.9. The van der Waals surface area contributed by atoms with Gasteiger partial charge >= 0.3 is 0 Å². The maximum absolute atomic E-state index is 12.8. The standard InChI is InChI=1S/C15H14FNO2/c1-19-15-7-12(10-18)6-14(8-15)17-9-11-2-4-13(16)5-3-11/h2-9,18H,10H2,1H3. The average Bonchev–Trinajstić information content (AvgIpc) is 2.46. The summed E-state index contributed by atoms with van der Waals surface area (Å²) in [5.74, 6) is 0.360. The van der Waals surface area contributed by atoms with Crippen LogP contribution in [0.25, 0.3) is 0 Å². The van der Waals surface area contributed by atoms with Crippen molar-refractivity contribution in [3.8, 4) is 5.75 Å². The number of nitrogens with zero attached hydrogens (tertiary/aromatic N) is 1. The molecule has 0 saturated heterocycles. The highest BCUT2D eigenvalue weighted by atomic mass is 19.1. The fraction of sp³-hybridized carbons (Fsp3) is 0.133. The van der Waals surface area contributed by atoms with E-state index in [9.17, 15) is 4.39 Å². The van der Waals surface area contributed by atoms with Gasteiger partial charge in [0, 0.05) is 12.3 Å². The Kier molecular flexibility index (Phi) is 4.26. The number of rotatable bonds is 4. The number of halogens is 1. The summed E-state index contributed by atoms with van der Waals surface area (Å²) in [7, 11) is 1.56. The van der Waals surface area contributed by atoms with Crippen LogP contribution in [0.2, 0.25) is 0 Å². The summed E-state index contributed by atoms with van der Waals surface area (Å²) in [5.41, 5.74) is 2.20. The Labute approximate surface area is 111 Å². The van der Waals surface area contributed by atoms with Crippen LogP contribution in [0.15, 0.2) is 47.5 Å². The molecule has 0 spiro atoms. The van der Waals surface area contributed by atoms with Gasteiger partial charge in [-0.1, -0.05) is 12.1 Å². The molecule has 2 rings (SSSR count).